The van der Waals surface area contributed by atoms with Crippen LogP contribution >= 0.6 is 11.8 Å². The van der Waals surface area contributed by atoms with Gasteiger partial charge < -0.3 is 24.7 Å². The lowest BCUT2D eigenvalue weighted by Gasteiger charge is -2.25. The first-order valence-electron chi connectivity index (χ1n) is 13.0. The van der Waals surface area contributed by atoms with Gasteiger partial charge in [0.25, 0.3) is 5.91 Å². The predicted molar refractivity (Wildman–Crippen MR) is 150 cm³/mol. The van der Waals surface area contributed by atoms with Crippen molar-refractivity contribution in [2.24, 2.45) is 0 Å². The summed E-state index contributed by atoms with van der Waals surface area (Å²) >= 11 is 1.20. The van der Waals surface area contributed by atoms with Crippen molar-refractivity contribution in [1.29, 1.82) is 0 Å². The lowest BCUT2D eigenvalue weighted by Crippen LogP contribution is -2.41. The number of furan rings is 1. The molecule has 9 nitrogen and oxygen atoms in total. The Morgan fingerprint density at radius 1 is 1.10 bits per heavy atom. The molecule has 202 valence electrons. The zero-order valence-electron chi connectivity index (χ0n) is 21.6. The van der Waals surface area contributed by atoms with Crippen LogP contribution in [0, 0.1) is 0 Å². The predicted octanol–water partition coefficient (Wildman–Crippen LogP) is 5.74. The highest BCUT2D eigenvalue weighted by atomic mass is 32.2. The van der Waals surface area contributed by atoms with Gasteiger partial charge in [0.05, 0.1) is 28.6 Å². The average molecular weight is 547 g/mol. The number of anilines is 1. The van der Waals surface area contributed by atoms with Crippen molar-refractivity contribution in [1.82, 2.24) is 14.9 Å². The molecule has 2 aromatic heterocycles. The first-order valence-corrected chi connectivity index (χ1v) is 14.0. The monoisotopic (exact) mass is 546 g/mol. The fraction of sp³-hybridized carbons (Fsp3) is 0.310. The molecule has 1 aliphatic rings. The van der Waals surface area contributed by atoms with Gasteiger partial charge in [-0.3, -0.25) is 14.4 Å². The van der Waals surface area contributed by atoms with Crippen molar-refractivity contribution in [2.75, 3.05) is 11.1 Å². The van der Waals surface area contributed by atoms with Crippen molar-refractivity contribution in [3.63, 3.8) is 0 Å². The van der Waals surface area contributed by atoms with Crippen LogP contribution in [-0.4, -0.2) is 44.2 Å². The number of carbonyl (C=O) groups excluding carboxylic acids is 2. The van der Waals surface area contributed by atoms with Crippen LogP contribution in [0.15, 0.2) is 70.4 Å². The second kappa shape index (κ2) is 11.8. The molecule has 0 bridgehead atoms. The Hall–Kier alpha value is -4.05. The molecular formula is C29H30N4O5S. The van der Waals surface area contributed by atoms with E-state index >= 15 is 0 Å². The molecule has 2 aromatic carbocycles. The van der Waals surface area contributed by atoms with Gasteiger partial charge in [-0.2, -0.15) is 0 Å². The quantitative estimate of drug-likeness (QED) is 0.229. The number of carbonyl (C=O) groups is 3. The number of nitrogens with zero attached hydrogens (tertiary/aromatic N) is 2. The van der Waals surface area contributed by atoms with E-state index in [2.05, 4.69) is 15.2 Å². The number of rotatable bonds is 9. The maximum absolute atomic E-state index is 13.1. The maximum Gasteiger partial charge on any atom is 0.313 e. The molecule has 0 unspecified atom stereocenters. The summed E-state index contributed by atoms with van der Waals surface area (Å²) in [5.41, 5.74) is 3.59. The number of hydrogen-bond acceptors (Lipinski definition) is 6. The first-order chi connectivity index (χ1) is 18.9. The number of thioether (sulfide) groups is 1. The molecule has 2 amide bonds. The maximum atomic E-state index is 13.1. The number of aliphatic carboxylic acids is 1. The van der Waals surface area contributed by atoms with Crippen molar-refractivity contribution in [3.05, 3.63) is 66.6 Å². The van der Waals surface area contributed by atoms with Gasteiger partial charge in [-0.15, -0.1) is 11.8 Å². The number of hydrogen-bond donors (Lipinski definition) is 3. The third-order valence-corrected chi connectivity index (χ3v) is 7.89. The number of carboxylic acids is 1. The Labute approximate surface area is 230 Å². The van der Waals surface area contributed by atoms with Gasteiger partial charge >= 0.3 is 5.97 Å². The van der Waals surface area contributed by atoms with Crippen LogP contribution in [0.2, 0.25) is 0 Å². The highest BCUT2D eigenvalue weighted by Gasteiger charge is 2.24. The van der Waals surface area contributed by atoms with E-state index in [1.807, 2.05) is 12.1 Å². The second-order valence-electron chi connectivity index (χ2n) is 9.70. The van der Waals surface area contributed by atoms with E-state index in [0.29, 0.717) is 17.3 Å². The smallest absolute Gasteiger partial charge is 0.313 e. The third-order valence-electron chi connectivity index (χ3n) is 6.90. The molecule has 39 heavy (non-hydrogen) atoms. The van der Waals surface area contributed by atoms with Crippen molar-refractivity contribution < 1.29 is 23.9 Å². The second-order valence-corrected chi connectivity index (χ2v) is 10.8. The summed E-state index contributed by atoms with van der Waals surface area (Å²) in [7, 11) is 0. The standard InChI is InChI=1S/C29H30N4O5S/c1-18(28(36)31-21-8-10-23(11-9-21)39-17-26(34)35)30-29(37)19-7-12-25-24(15-19)32-27(20-13-14-38-16-20)33(25)22-5-3-2-4-6-22/h7-16,18,22H,2-6,17H2,1H3,(H,30,37)(H,31,36)(H,34,35)/t18-/m1/s1. The first kappa shape index (κ1) is 26.6. The molecule has 1 atom stereocenters. The Balaban J connectivity index is 1.28. The highest BCUT2D eigenvalue weighted by molar-refractivity contribution is 8.00. The lowest BCUT2D eigenvalue weighted by atomic mass is 9.95. The fourth-order valence-corrected chi connectivity index (χ4v) is 5.54. The molecule has 0 spiro atoms. The van der Waals surface area contributed by atoms with Crippen LogP contribution in [0.5, 0.6) is 0 Å². The van der Waals surface area contributed by atoms with Gasteiger partial charge in [0.15, 0.2) is 0 Å². The number of imidazole rings is 1. The Bertz CT molecular complexity index is 1470. The minimum atomic E-state index is -0.892. The van der Waals surface area contributed by atoms with Crippen LogP contribution in [0.4, 0.5) is 5.69 Å². The summed E-state index contributed by atoms with van der Waals surface area (Å²) in [6, 6.07) is 13.8. The molecule has 1 saturated carbocycles. The summed E-state index contributed by atoms with van der Waals surface area (Å²) in [5.74, 6) is -0.817. The van der Waals surface area contributed by atoms with Crippen molar-refractivity contribution in [3.8, 4) is 11.4 Å². The van der Waals surface area contributed by atoms with Crippen LogP contribution in [0.3, 0.4) is 0 Å². The van der Waals surface area contributed by atoms with E-state index in [1.165, 1.54) is 31.0 Å². The highest BCUT2D eigenvalue weighted by Crippen LogP contribution is 2.36. The van der Waals surface area contributed by atoms with Crippen LogP contribution in [0.25, 0.3) is 22.4 Å². The van der Waals surface area contributed by atoms with Gasteiger partial charge in [0, 0.05) is 22.2 Å². The summed E-state index contributed by atoms with van der Waals surface area (Å²) in [6.07, 6.45) is 9.13. The zero-order chi connectivity index (χ0) is 27.4. The number of fused-ring (bicyclic) bond motifs is 1. The van der Waals surface area contributed by atoms with Crippen molar-refractivity contribution >= 4 is 46.3 Å². The Kier molecular flexibility index (Phi) is 8.02. The van der Waals surface area contributed by atoms with E-state index in [9.17, 15) is 14.4 Å². The van der Waals surface area contributed by atoms with Crippen LogP contribution < -0.4 is 10.6 Å². The Morgan fingerprint density at radius 3 is 2.56 bits per heavy atom. The van der Waals surface area contributed by atoms with E-state index < -0.39 is 12.0 Å². The largest absolute Gasteiger partial charge is 0.481 e. The minimum absolute atomic E-state index is 0.0357. The molecule has 4 aromatic rings. The molecule has 3 N–H and O–H groups in total. The number of aromatic nitrogens is 2. The normalized spacial score (nSPS) is 14.7. The van der Waals surface area contributed by atoms with E-state index in [-0.39, 0.29) is 17.6 Å². The van der Waals surface area contributed by atoms with Gasteiger partial charge in [-0.1, -0.05) is 19.3 Å². The topological polar surface area (TPSA) is 126 Å². The molecule has 0 saturated heterocycles. The molecule has 0 aliphatic heterocycles. The van der Waals surface area contributed by atoms with E-state index in [0.717, 1.165) is 40.2 Å². The number of benzene rings is 2. The van der Waals surface area contributed by atoms with Gasteiger partial charge in [-0.05, 0) is 68.3 Å². The molecule has 1 aliphatic carbocycles. The number of carboxylic acid groups (broad SMARTS) is 1. The Morgan fingerprint density at radius 2 is 1.87 bits per heavy atom. The average Bonchev–Trinajstić information content (AvgIpc) is 3.61. The molecule has 2 heterocycles. The van der Waals surface area contributed by atoms with Crippen LogP contribution in [0.1, 0.15) is 55.4 Å². The summed E-state index contributed by atoms with van der Waals surface area (Å²) < 4.78 is 7.61. The number of nitrogens with one attached hydrogen (secondary N) is 2. The van der Waals surface area contributed by atoms with Gasteiger partial charge in [0.2, 0.25) is 5.91 Å². The van der Waals surface area contributed by atoms with Gasteiger partial charge in [-0.25, -0.2) is 4.98 Å². The lowest BCUT2D eigenvalue weighted by molar-refractivity contribution is -0.133. The molecular weight excluding hydrogens is 516 g/mol. The fourth-order valence-electron chi connectivity index (χ4n) is 4.92. The molecule has 10 heteroatoms. The summed E-state index contributed by atoms with van der Waals surface area (Å²) in [4.78, 5) is 42.2. The van der Waals surface area contributed by atoms with E-state index in [4.69, 9.17) is 14.5 Å². The van der Waals surface area contributed by atoms with Crippen molar-refractivity contribution in [2.45, 2.75) is 56.0 Å². The van der Waals surface area contributed by atoms with Gasteiger partial charge in [0.1, 0.15) is 18.1 Å². The number of amides is 2. The minimum Gasteiger partial charge on any atom is -0.481 e. The molecule has 5 rings (SSSR count). The SMILES string of the molecule is C[C@@H](NC(=O)c1ccc2c(c1)nc(-c1ccoc1)n2C1CCCCC1)C(=O)Nc1ccc(SCC(=O)O)cc1. The molecule has 0 radical (unpaired) electrons. The third kappa shape index (κ3) is 6.17. The summed E-state index contributed by atoms with van der Waals surface area (Å²) in [5, 5.41) is 14.3. The molecule has 1 fully saturated rings. The summed E-state index contributed by atoms with van der Waals surface area (Å²) in [6.45, 7) is 1.62. The van der Waals surface area contributed by atoms with E-state index in [1.54, 1.807) is 55.8 Å². The van der Waals surface area contributed by atoms with Crippen LogP contribution in [-0.2, 0) is 9.59 Å². The zero-order valence-corrected chi connectivity index (χ0v) is 22.4.